The van der Waals surface area contributed by atoms with Gasteiger partial charge in [-0.25, -0.2) is 13.8 Å². The standard InChI is InChI=1S/C10H7F2N3OS/c11-6-1-2-8(12)7(3-6)9(16)4-17-10-13-5-14-15-10/h1-3,5H,4H2,(H,13,14,15). The predicted molar refractivity (Wildman–Crippen MR) is 57.8 cm³/mol. The summed E-state index contributed by atoms with van der Waals surface area (Å²) in [6, 6.07) is 2.79. The summed E-state index contributed by atoms with van der Waals surface area (Å²) in [7, 11) is 0. The Balaban J connectivity index is 2.07. The molecule has 0 spiro atoms. The summed E-state index contributed by atoms with van der Waals surface area (Å²) in [4.78, 5) is 15.4. The van der Waals surface area contributed by atoms with Crippen molar-refractivity contribution in [3.8, 4) is 0 Å². The summed E-state index contributed by atoms with van der Waals surface area (Å²) in [5.74, 6) is -1.90. The minimum Gasteiger partial charge on any atom is -0.293 e. The van der Waals surface area contributed by atoms with Gasteiger partial charge in [0, 0.05) is 0 Å². The van der Waals surface area contributed by atoms with Gasteiger partial charge in [0.1, 0.15) is 18.0 Å². The van der Waals surface area contributed by atoms with E-state index in [1.807, 2.05) is 0 Å². The number of benzene rings is 1. The highest BCUT2D eigenvalue weighted by molar-refractivity contribution is 7.99. The Kier molecular flexibility index (Phi) is 3.48. The fourth-order valence-electron chi connectivity index (χ4n) is 1.19. The first-order valence-corrected chi connectivity index (χ1v) is 5.62. The summed E-state index contributed by atoms with van der Waals surface area (Å²) >= 11 is 1.08. The van der Waals surface area contributed by atoms with Crippen LogP contribution in [0.5, 0.6) is 0 Å². The van der Waals surface area contributed by atoms with E-state index in [0.29, 0.717) is 5.16 Å². The highest BCUT2D eigenvalue weighted by Crippen LogP contribution is 2.16. The molecule has 4 nitrogen and oxygen atoms in total. The maximum atomic E-state index is 13.3. The molecule has 7 heteroatoms. The molecule has 2 aromatic rings. The van der Waals surface area contributed by atoms with Gasteiger partial charge in [-0.3, -0.25) is 9.89 Å². The normalized spacial score (nSPS) is 10.5. The van der Waals surface area contributed by atoms with Crippen LogP contribution in [0.4, 0.5) is 8.78 Å². The van der Waals surface area contributed by atoms with Gasteiger partial charge in [0.05, 0.1) is 11.3 Å². The van der Waals surface area contributed by atoms with Crippen LogP contribution in [0, 0.1) is 11.6 Å². The summed E-state index contributed by atoms with van der Waals surface area (Å²) in [6.07, 6.45) is 1.30. The maximum absolute atomic E-state index is 13.3. The van der Waals surface area contributed by atoms with Gasteiger partial charge in [-0.2, -0.15) is 5.10 Å². The number of thioether (sulfide) groups is 1. The van der Waals surface area contributed by atoms with E-state index in [0.717, 1.165) is 30.0 Å². The SMILES string of the molecule is O=C(CSc1ncn[nH]1)c1cc(F)ccc1F. The smallest absolute Gasteiger partial charge is 0.183 e. The third kappa shape index (κ3) is 2.88. The molecule has 0 aliphatic heterocycles. The zero-order valence-corrected chi connectivity index (χ0v) is 9.30. The number of ketones is 1. The molecule has 0 atom stereocenters. The number of nitrogens with zero attached hydrogens (tertiary/aromatic N) is 2. The lowest BCUT2D eigenvalue weighted by Crippen LogP contribution is -2.06. The summed E-state index contributed by atoms with van der Waals surface area (Å²) < 4.78 is 26.1. The fourth-order valence-corrected chi connectivity index (χ4v) is 1.85. The quantitative estimate of drug-likeness (QED) is 0.671. The first kappa shape index (κ1) is 11.7. The number of nitrogens with one attached hydrogen (secondary N) is 1. The third-order valence-electron chi connectivity index (χ3n) is 1.96. The van der Waals surface area contributed by atoms with Crippen molar-refractivity contribution < 1.29 is 13.6 Å². The molecule has 0 aliphatic rings. The second-order valence-corrected chi connectivity index (χ2v) is 4.09. The molecule has 17 heavy (non-hydrogen) atoms. The molecule has 0 amide bonds. The van der Waals surface area contributed by atoms with Gasteiger partial charge in [0.15, 0.2) is 10.9 Å². The van der Waals surface area contributed by atoms with Crippen molar-refractivity contribution >= 4 is 17.5 Å². The van der Waals surface area contributed by atoms with Crippen LogP contribution in [0.1, 0.15) is 10.4 Å². The molecule has 0 fully saturated rings. The Morgan fingerprint density at radius 1 is 1.41 bits per heavy atom. The van der Waals surface area contributed by atoms with Crippen molar-refractivity contribution in [2.24, 2.45) is 0 Å². The zero-order valence-electron chi connectivity index (χ0n) is 8.48. The topological polar surface area (TPSA) is 58.6 Å². The average Bonchev–Trinajstić information content (AvgIpc) is 2.82. The van der Waals surface area contributed by atoms with E-state index in [9.17, 15) is 13.6 Å². The zero-order chi connectivity index (χ0) is 12.3. The molecule has 0 radical (unpaired) electrons. The number of carbonyl (C=O) groups is 1. The molecule has 1 heterocycles. The summed E-state index contributed by atoms with van der Waals surface area (Å²) in [5, 5.41) is 6.61. The number of aromatic nitrogens is 3. The van der Waals surface area contributed by atoms with E-state index in [-0.39, 0.29) is 11.3 Å². The minimum absolute atomic E-state index is 0.0322. The van der Waals surface area contributed by atoms with E-state index in [2.05, 4.69) is 15.2 Å². The lowest BCUT2D eigenvalue weighted by molar-refractivity contribution is 0.101. The lowest BCUT2D eigenvalue weighted by Gasteiger charge is -2.01. The third-order valence-corrected chi connectivity index (χ3v) is 2.84. The van der Waals surface area contributed by atoms with E-state index in [1.54, 1.807) is 0 Å². The Bertz CT molecular complexity index is 530. The predicted octanol–water partition coefficient (Wildman–Crippen LogP) is 2.06. The molecule has 1 aromatic heterocycles. The number of H-pyrrole nitrogens is 1. The van der Waals surface area contributed by atoms with Gasteiger partial charge in [0.2, 0.25) is 0 Å². The van der Waals surface area contributed by atoms with Crippen LogP contribution in [0.25, 0.3) is 0 Å². The van der Waals surface area contributed by atoms with E-state index in [1.165, 1.54) is 6.33 Å². The molecule has 2 rings (SSSR count). The van der Waals surface area contributed by atoms with Crippen LogP contribution in [0.3, 0.4) is 0 Å². The largest absolute Gasteiger partial charge is 0.293 e. The number of rotatable bonds is 4. The maximum Gasteiger partial charge on any atom is 0.183 e. The van der Waals surface area contributed by atoms with Crippen LogP contribution in [0.15, 0.2) is 29.7 Å². The number of aromatic amines is 1. The summed E-state index contributed by atoms with van der Waals surface area (Å²) in [6.45, 7) is 0. The molecule has 0 saturated heterocycles. The number of hydrogen-bond acceptors (Lipinski definition) is 4. The van der Waals surface area contributed by atoms with Crippen LogP contribution in [0.2, 0.25) is 0 Å². The second-order valence-electron chi connectivity index (χ2n) is 3.13. The first-order valence-electron chi connectivity index (χ1n) is 4.63. The first-order chi connectivity index (χ1) is 8.16. The average molecular weight is 255 g/mol. The molecule has 0 bridgehead atoms. The number of hydrogen-bond donors (Lipinski definition) is 1. The molecule has 0 aliphatic carbocycles. The molecule has 0 unspecified atom stereocenters. The molecular weight excluding hydrogens is 248 g/mol. The highest BCUT2D eigenvalue weighted by atomic mass is 32.2. The van der Waals surface area contributed by atoms with Gasteiger partial charge < -0.3 is 0 Å². The van der Waals surface area contributed by atoms with Gasteiger partial charge in [-0.15, -0.1) is 0 Å². The monoisotopic (exact) mass is 255 g/mol. The molecular formula is C10H7F2N3OS. The Labute approximate surface area is 99.5 Å². The number of halogens is 2. The van der Waals surface area contributed by atoms with Crippen molar-refractivity contribution in [1.29, 1.82) is 0 Å². The van der Waals surface area contributed by atoms with Crippen molar-refractivity contribution in [2.75, 3.05) is 5.75 Å². The minimum atomic E-state index is -0.727. The number of carbonyl (C=O) groups excluding carboxylic acids is 1. The summed E-state index contributed by atoms with van der Waals surface area (Å²) in [5.41, 5.74) is -0.253. The van der Waals surface area contributed by atoms with E-state index < -0.39 is 17.4 Å². The van der Waals surface area contributed by atoms with Crippen LogP contribution >= 0.6 is 11.8 Å². The van der Waals surface area contributed by atoms with Crippen molar-refractivity contribution in [1.82, 2.24) is 15.2 Å². The van der Waals surface area contributed by atoms with Gasteiger partial charge in [-0.1, -0.05) is 11.8 Å². The van der Waals surface area contributed by atoms with E-state index in [4.69, 9.17) is 0 Å². The van der Waals surface area contributed by atoms with Crippen molar-refractivity contribution in [2.45, 2.75) is 5.16 Å². The molecule has 1 aromatic carbocycles. The van der Waals surface area contributed by atoms with Crippen molar-refractivity contribution in [3.63, 3.8) is 0 Å². The van der Waals surface area contributed by atoms with Crippen LogP contribution < -0.4 is 0 Å². The van der Waals surface area contributed by atoms with Crippen LogP contribution in [-0.2, 0) is 0 Å². The second kappa shape index (κ2) is 5.05. The lowest BCUT2D eigenvalue weighted by atomic mass is 10.1. The van der Waals surface area contributed by atoms with Gasteiger partial charge >= 0.3 is 0 Å². The number of Topliss-reactive ketones (excluding diaryl/α,β-unsaturated/α-hetero) is 1. The Morgan fingerprint density at radius 3 is 2.94 bits per heavy atom. The van der Waals surface area contributed by atoms with Gasteiger partial charge in [-0.05, 0) is 18.2 Å². The van der Waals surface area contributed by atoms with E-state index >= 15 is 0 Å². The Hall–Kier alpha value is -1.76. The molecule has 88 valence electrons. The van der Waals surface area contributed by atoms with Crippen LogP contribution in [-0.4, -0.2) is 26.7 Å². The molecule has 0 saturated carbocycles. The highest BCUT2D eigenvalue weighted by Gasteiger charge is 2.13. The van der Waals surface area contributed by atoms with Crippen molar-refractivity contribution in [3.05, 3.63) is 41.7 Å². The fraction of sp³-hybridized carbons (Fsp3) is 0.100. The van der Waals surface area contributed by atoms with Gasteiger partial charge in [0.25, 0.3) is 0 Å². The Morgan fingerprint density at radius 2 is 2.24 bits per heavy atom. The molecule has 1 N–H and O–H groups in total.